The lowest BCUT2D eigenvalue weighted by atomic mass is 10.1. The fraction of sp³-hybridized carbons (Fsp3) is 0.0714. The van der Waals surface area contributed by atoms with Gasteiger partial charge in [-0.05, 0) is 24.3 Å². The second-order valence-corrected chi connectivity index (χ2v) is 4.50. The first-order valence-corrected chi connectivity index (χ1v) is 6.33. The second kappa shape index (κ2) is 5.22. The highest BCUT2D eigenvalue weighted by molar-refractivity contribution is 6.16. The Morgan fingerprint density at radius 3 is 2.90 bits per heavy atom. The molecule has 0 saturated heterocycles. The SMILES string of the molecule is NNc1ncccc1C(=O)N1CC(=O)Nc2ccccc21. The number of nitrogen functional groups attached to an aromatic ring is 1. The van der Waals surface area contributed by atoms with E-state index in [9.17, 15) is 9.59 Å². The number of para-hydroxylation sites is 2. The molecule has 0 aliphatic carbocycles. The van der Waals surface area contributed by atoms with E-state index in [1.807, 2.05) is 6.07 Å². The zero-order valence-electron chi connectivity index (χ0n) is 11.0. The van der Waals surface area contributed by atoms with Gasteiger partial charge in [-0.1, -0.05) is 12.1 Å². The normalized spacial score (nSPS) is 13.4. The molecular formula is C14H13N5O2. The smallest absolute Gasteiger partial charge is 0.262 e. The van der Waals surface area contributed by atoms with Gasteiger partial charge in [0.1, 0.15) is 6.54 Å². The predicted molar refractivity (Wildman–Crippen MR) is 78.8 cm³/mol. The van der Waals surface area contributed by atoms with Crippen molar-refractivity contribution in [1.29, 1.82) is 0 Å². The summed E-state index contributed by atoms with van der Waals surface area (Å²) in [6, 6.07) is 10.4. The Kier molecular flexibility index (Phi) is 3.25. The fourth-order valence-electron chi connectivity index (χ4n) is 2.25. The van der Waals surface area contributed by atoms with Crippen LogP contribution in [0.4, 0.5) is 17.2 Å². The molecule has 2 amide bonds. The standard InChI is InChI=1S/C14H13N5O2/c15-18-13-9(4-3-7-16-13)14(21)19-8-12(20)17-10-5-1-2-6-11(10)19/h1-7H,8,15H2,(H,16,18)(H,17,20). The van der Waals surface area contributed by atoms with Crippen LogP contribution in [0.1, 0.15) is 10.4 Å². The van der Waals surface area contributed by atoms with E-state index in [-0.39, 0.29) is 24.2 Å². The summed E-state index contributed by atoms with van der Waals surface area (Å²) in [5.74, 6) is 5.07. The topological polar surface area (TPSA) is 100 Å². The zero-order chi connectivity index (χ0) is 14.8. The van der Waals surface area contributed by atoms with Gasteiger partial charge in [0, 0.05) is 6.20 Å². The van der Waals surface area contributed by atoms with Crippen molar-refractivity contribution in [3.63, 3.8) is 0 Å². The summed E-state index contributed by atoms with van der Waals surface area (Å²) in [7, 11) is 0. The molecule has 2 aromatic rings. The highest BCUT2D eigenvalue weighted by Gasteiger charge is 2.28. The molecule has 7 heteroatoms. The average Bonchev–Trinajstić information content (AvgIpc) is 2.53. The van der Waals surface area contributed by atoms with E-state index >= 15 is 0 Å². The van der Waals surface area contributed by atoms with Gasteiger partial charge >= 0.3 is 0 Å². The molecule has 0 fully saturated rings. The van der Waals surface area contributed by atoms with Crippen LogP contribution in [0.5, 0.6) is 0 Å². The number of nitrogens with one attached hydrogen (secondary N) is 2. The molecule has 3 rings (SSSR count). The molecule has 4 N–H and O–H groups in total. The molecular weight excluding hydrogens is 270 g/mol. The Morgan fingerprint density at radius 2 is 2.10 bits per heavy atom. The van der Waals surface area contributed by atoms with Gasteiger partial charge in [0.2, 0.25) is 5.91 Å². The zero-order valence-corrected chi connectivity index (χ0v) is 11.0. The van der Waals surface area contributed by atoms with Crippen LogP contribution in [0.15, 0.2) is 42.6 Å². The third-order valence-electron chi connectivity index (χ3n) is 3.19. The number of hydrogen-bond donors (Lipinski definition) is 3. The molecule has 0 radical (unpaired) electrons. The first-order valence-electron chi connectivity index (χ1n) is 6.33. The van der Waals surface area contributed by atoms with E-state index in [1.54, 1.807) is 30.3 Å². The minimum Gasteiger partial charge on any atom is -0.323 e. The number of carbonyl (C=O) groups excluding carboxylic acids is 2. The van der Waals surface area contributed by atoms with Gasteiger partial charge in [0.15, 0.2) is 5.82 Å². The number of rotatable bonds is 2. The van der Waals surface area contributed by atoms with Crippen molar-refractivity contribution in [2.24, 2.45) is 5.84 Å². The predicted octanol–water partition coefficient (Wildman–Crippen LogP) is 0.966. The van der Waals surface area contributed by atoms with Gasteiger partial charge in [-0.15, -0.1) is 0 Å². The van der Waals surface area contributed by atoms with E-state index < -0.39 is 0 Å². The van der Waals surface area contributed by atoms with E-state index in [4.69, 9.17) is 5.84 Å². The Balaban J connectivity index is 2.04. The van der Waals surface area contributed by atoms with Crippen molar-refractivity contribution in [3.8, 4) is 0 Å². The lowest BCUT2D eigenvalue weighted by molar-refractivity contribution is -0.115. The minimum atomic E-state index is -0.335. The monoisotopic (exact) mass is 283 g/mol. The second-order valence-electron chi connectivity index (χ2n) is 4.50. The Morgan fingerprint density at radius 1 is 1.29 bits per heavy atom. The van der Waals surface area contributed by atoms with Gasteiger partial charge in [0.05, 0.1) is 16.9 Å². The van der Waals surface area contributed by atoms with Crippen LogP contribution < -0.4 is 21.5 Å². The van der Waals surface area contributed by atoms with Gasteiger partial charge in [-0.25, -0.2) is 10.8 Å². The number of pyridine rings is 1. The summed E-state index contributed by atoms with van der Waals surface area (Å²) in [6.45, 7) is -0.0469. The molecule has 0 bridgehead atoms. The number of carbonyl (C=O) groups is 2. The largest absolute Gasteiger partial charge is 0.323 e. The maximum atomic E-state index is 12.7. The molecule has 2 heterocycles. The number of hydrogen-bond acceptors (Lipinski definition) is 5. The van der Waals surface area contributed by atoms with Crippen LogP contribution in [0.2, 0.25) is 0 Å². The molecule has 0 spiro atoms. The summed E-state index contributed by atoms with van der Waals surface area (Å²) >= 11 is 0. The summed E-state index contributed by atoms with van der Waals surface area (Å²) in [4.78, 5) is 29.9. The molecule has 0 atom stereocenters. The first kappa shape index (κ1) is 13.1. The number of hydrazine groups is 1. The number of benzene rings is 1. The third-order valence-corrected chi connectivity index (χ3v) is 3.19. The van der Waals surface area contributed by atoms with Crippen molar-refractivity contribution in [1.82, 2.24) is 4.98 Å². The quantitative estimate of drug-likeness (QED) is 0.563. The van der Waals surface area contributed by atoms with Crippen LogP contribution in [0.3, 0.4) is 0 Å². The number of fused-ring (bicyclic) bond motifs is 1. The number of nitrogens with two attached hydrogens (primary N) is 1. The van der Waals surface area contributed by atoms with Crippen LogP contribution in [0.25, 0.3) is 0 Å². The van der Waals surface area contributed by atoms with E-state index in [0.29, 0.717) is 16.9 Å². The molecule has 1 aliphatic rings. The number of amides is 2. The van der Waals surface area contributed by atoms with Gasteiger partial charge in [-0.2, -0.15) is 0 Å². The number of aromatic nitrogens is 1. The van der Waals surface area contributed by atoms with Crippen LogP contribution in [-0.2, 0) is 4.79 Å². The minimum absolute atomic E-state index is 0.0469. The van der Waals surface area contributed by atoms with Crippen molar-refractivity contribution in [2.45, 2.75) is 0 Å². The highest BCUT2D eigenvalue weighted by Crippen LogP contribution is 2.30. The molecule has 106 valence electrons. The fourth-order valence-corrected chi connectivity index (χ4v) is 2.25. The summed E-state index contributed by atoms with van der Waals surface area (Å²) < 4.78 is 0. The van der Waals surface area contributed by atoms with Crippen molar-refractivity contribution in [2.75, 3.05) is 22.2 Å². The third kappa shape index (κ3) is 2.30. The Labute approximate surface area is 120 Å². The average molecular weight is 283 g/mol. The lowest BCUT2D eigenvalue weighted by Crippen LogP contribution is -2.42. The lowest BCUT2D eigenvalue weighted by Gasteiger charge is -2.29. The van der Waals surface area contributed by atoms with E-state index in [2.05, 4.69) is 15.7 Å². The van der Waals surface area contributed by atoms with Gasteiger partial charge in [0.25, 0.3) is 5.91 Å². The molecule has 7 nitrogen and oxygen atoms in total. The van der Waals surface area contributed by atoms with Crippen LogP contribution >= 0.6 is 0 Å². The maximum Gasteiger partial charge on any atom is 0.262 e. The van der Waals surface area contributed by atoms with Gasteiger partial charge in [-0.3, -0.25) is 14.5 Å². The highest BCUT2D eigenvalue weighted by atomic mass is 16.2. The summed E-state index contributed by atoms with van der Waals surface area (Å²) in [6.07, 6.45) is 1.53. The molecule has 21 heavy (non-hydrogen) atoms. The van der Waals surface area contributed by atoms with Crippen LogP contribution in [0, 0.1) is 0 Å². The molecule has 1 aliphatic heterocycles. The summed E-state index contributed by atoms with van der Waals surface area (Å²) in [5, 5.41) is 2.74. The number of nitrogens with zero attached hydrogens (tertiary/aromatic N) is 2. The van der Waals surface area contributed by atoms with Crippen molar-refractivity contribution in [3.05, 3.63) is 48.2 Å². The van der Waals surface area contributed by atoms with E-state index in [0.717, 1.165) is 0 Å². The molecule has 1 aromatic heterocycles. The molecule has 0 unspecified atom stereocenters. The van der Waals surface area contributed by atoms with Crippen molar-refractivity contribution >= 4 is 29.0 Å². The van der Waals surface area contributed by atoms with Gasteiger partial charge < -0.3 is 10.7 Å². The Bertz CT molecular complexity index is 716. The molecule has 0 saturated carbocycles. The van der Waals surface area contributed by atoms with Crippen molar-refractivity contribution < 1.29 is 9.59 Å². The van der Waals surface area contributed by atoms with Crippen LogP contribution in [-0.4, -0.2) is 23.3 Å². The van der Waals surface area contributed by atoms with E-state index in [1.165, 1.54) is 11.1 Å². The maximum absolute atomic E-state index is 12.7. The number of anilines is 3. The first-order chi connectivity index (χ1) is 10.2. The Hall–Kier alpha value is -2.93. The molecule has 1 aromatic carbocycles. The summed E-state index contributed by atoms with van der Waals surface area (Å²) in [5.41, 5.74) is 3.95.